The van der Waals surface area contributed by atoms with E-state index >= 15 is 0 Å². The molecule has 0 saturated carbocycles. The molecule has 1 amide bonds. The zero-order valence-electron chi connectivity index (χ0n) is 10.8. The minimum absolute atomic E-state index is 0.0405. The summed E-state index contributed by atoms with van der Waals surface area (Å²) in [6, 6.07) is 5.89. The molecule has 5 nitrogen and oxygen atoms in total. The molecule has 0 aromatic carbocycles. The summed E-state index contributed by atoms with van der Waals surface area (Å²) >= 11 is 0. The van der Waals surface area contributed by atoms with Crippen molar-refractivity contribution in [1.82, 2.24) is 19.9 Å². The van der Waals surface area contributed by atoms with E-state index in [4.69, 9.17) is 0 Å². The number of imidazole rings is 1. The van der Waals surface area contributed by atoms with E-state index in [1.165, 1.54) is 0 Å². The molecule has 1 N–H and O–H groups in total. The van der Waals surface area contributed by atoms with Crippen LogP contribution in [0.5, 0.6) is 0 Å². The van der Waals surface area contributed by atoms with Crippen LogP contribution >= 0.6 is 0 Å². The van der Waals surface area contributed by atoms with Crippen LogP contribution in [0.15, 0.2) is 30.6 Å². The van der Waals surface area contributed by atoms with Crippen molar-refractivity contribution in [3.05, 3.63) is 47.8 Å². The monoisotopic (exact) mass is 256 g/mol. The van der Waals surface area contributed by atoms with Gasteiger partial charge in [0.25, 0.3) is 5.91 Å². The molecule has 19 heavy (non-hydrogen) atoms. The zero-order chi connectivity index (χ0) is 13.2. The summed E-state index contributed by atoms with van der Waals surface area (Å²) in [5.41, 5.74) is 1.86. The number of nitrogens with zero attached hydrogens (tertiary/aromatic N) is 3. The largest absolute Gasteiger partial charge is 0.338 e. The molecule has 0 aliphatic carbocycles. The number of carbonyl (C=O) groups is 1. The lowest BCUT2D eigenvalue weighted by atomic mass is 10.1. The highest BCUT2D eigenvalue weighted by atomic mass is 16.2. The number of hydrogen-bond acceptors (Lipinski definition) is 3. The molecule has 1 aliphatic rings. The van der Waals surface area contributed by atoms with Crippen molar-refractivity contribution in [2.75, 3.05) is 6.54 Å². The molecule has 0 radical (unpaired) electrons. The predicted octanol–water partition coefficient (Wildman–Crippen LogP) is 2.09. The van der Waals surface area contributed by atoms with E-state index in [2.05, 4.69) is 15.0 Å². The zero-order valence-corrected chi connectivity index (χ0v) is 10.8. The predicted molar refractivity (Wildman–Crippen MR) is 70.6 cm³/mol. The lowest BCUT2D eigenvalue weighted by Gasteiger charge is -2.23. The first-order valence-corrected chi connectivity index (χ1v) is 6.49. The first-order chi connectivity index (χ1) is 9.25. The second kappa shape index (κ2) is 4.84. The molecule has 2 aromatic heterocycles. The van der Waals surface area contributed by atoms with Crippen molar-refractivity contribution in [3.63, 3.8) is 0 Å². The Morgan fingerprint density at radius 1 is 1.42 bits per heavy atom. The van der Waals surface area contributed by atoms with E-state index in [0.717, 1.165) is 30.8 Å². The fraction of sp³-hybridized carbons (Fsp3) is 0.357. The number of pyridine rings is 1. The van der Waals surface area contributed by atoms with Crippen LogP contribution in [-0.4, -0.2) is 32.3 Å². The van der Waals surface area contributed by atoms with Crippen LogP contribution < -0.4 is 0 Å². The third-order valence-electron chi connectivity index (χ3n) is 3.45. The van der Waals surface area contributed by atoms with Gasteiger partial charge in [-0.1, -0.05) is 6.07 Å². The summed E-state index contributed by atoms with van der Waals surface area (Å²) in [6.07, 6.45) is 5.42. The van der Waals surface area contributed by atoms with Crippen LogP contribution in [0.2, 0.25) is 0 Å². The van der Waals surface area contributed by atoms with Gasteiger partial charge in [-0.25, -0.2) is 4.98 Å². The molecule has 0 spiro atoms. The first kappa shape index (κ1) is 11.9. The Hall–Kier alpha value is -2.17. The van der Waals surface area contributed by atoms with Gasteiger partial charge < -0.3 is 9.88 Å². The quantitative estimate of drug-likeness (QED) is 0.895. The fourth-order valence-corrected chi connectivity index (χ4v) is 2.55. The average Bonchev–Trinajstić information content (AvgIpc) is 3.07. The van der Waals surface area contributed by atoms with Gasteiger partial charge in [0.1, 0.15) is 0 Å². The molecule has 0 unspecified atom stereocenters. The molecule has 98 valence electrons. The van der Waals surface area contributed by atoms with Gasteiger partial charge in [0.05, 0.1) is 11.7 Å². The summed E-state index contributed by atoms with van der Waals surface area (Å²) in [4.78, 5) is 25.8. The molecule has 1 fully saturated rings. The molecular formula is C14H16N4O. The number of aryl methyl sites for hydroxylation is 1. The number of H-pyrrole nitrogens is 1. The van der Waals surface area contributed by atoms with Crippen LogP contribution in [0.4, 0.5) is 0 Å². The van der Waals surface area contributed by atoms with Gasteiger partial charge in [0.15, 0.2) is 5.82 Å². The lowest BCUT2D eigenvalue weighted by Crippen LogP contribution is -2.31. The molecule has 2 aromatic rings. The van der Waals surface area contributed by atoms with Crippen molar-refractivity contribution in [2.24, 2.45) is 0 Å². The molecule has 3 heterocycles. The Morgan fingerprint density at radius 2 is 2.32 bits per heavy atom. The molecule has 3 rings (SSSR count). The van der Waals surface area contributed by atoms with Crippen LogP contribution in [-0.2, 0) is 0 Å². The number of aromatic nitrogens is 3. The van der Waals surface area contributed by atoms with E-state index in [1.54, 1.807) is 12.4 Å². The van der Waals surface area contributed by atoms with E-state index < -0.39 is 0 Å². The Labute approximate surface area is 111 Å². The molecule has 5 heteroatoms. The summed E-state index contributed by atoms with van der Waals surface area (Å²) < 4.78 is 0. The van der Waals surface area contributed by atoms with Gasteiger partial charge in [-0.3, -0.25) is 9.78 Å². The smallest absolute Gasteiger partial charge is 0.290 e. The Bertz CT molecular complexity index is 578. The van der Waals surface area contributed by atoms with Crippen molar-refractivity contribution in [2.45, 2.75) is 25.8 Å². The van der Waals surface area contributed by atoms with Crippen molar-refractivity contribution >= 4 is 5.91 Å². The van der Waals surface area contributed by atoms with Crippen LogP contribution in [0.25, 0.3) is 0 Å². The summed E-state index contributed by atoms with van der Waals surface area (Å²) in [5.74, 6) is 0.376. The number of amides is 1. The third-order valence-corrected chi connectivity index (χ3v) is 3.45. The highest BCUT2D eigenvalue weighted by Gasteiger charge is 2.32. The number of nitrogens with one attached hydrogen (secondary N) is 1. The maximum absolute atomic E-state index is 12.4. The van der Waals surface area contributed by atoms with Crippen molar-refractivity contribution < 1.29 is 4.79 Å². The standard InChI is InChI=1S/C14H16N4O/c1-10-9-16-13(17-10)14(19)18-8-4-6-12(18)11-5-2-3-7-15-11/h2-3,5,7,9,12H,4,6,8H2,1H3,(H,16,17)/t12-/m1/s1. The fourth-order valence-electron chi connectivity index (χ4n) is 2.55. The summed E-state index contributed by atoms with van der Waals surface area (Å²) in [5, 5.41) is 0. The van der Waals surface area contributed by atoms with Gasteiger partial charge in [-0.15, -0.1) is 0 Å². The molecule has 1 atom stereocenters. The van der Waals surface area contributed by atoms with Gasteiger partial charge in [-0.2, -0.15) is 0 Å². The highest BCUT2D eigenvalue weighted by Crippen LogP contribution is 2.31. The van der Waals surface area contributed by atoms with E-state index in [1.807, 2.05) is 30.0 Å². The SMILES string of the molecule is Cc1cnc(C(=O)N2CCC[C@@H]2c2ccccn2)[nH]1. The van der Waals surface area contributed by atoms with E-state index in [9.17, 15) is 4.79 Å². The minimum atomic E-state index is -0.0405. The Balaban J connectivity index is 1.86. The molecule has 1 saturated heterocycles. The van der Waals surface area contributed by atoms with Gasteiger partial charge >= 0.3 is 0 Å². The van der Waals surface area contributed by atoms with Crippen LogP contribution in [0, 0.1) is 6.92 Å². The van der Waals surface area contributed by atoms with Gasteiger partial charge in [-0.05, 0) is 31.9 Å². The van der Waals surface area contributed by atoms with E-state index in [0.29, 0.717) is 5.82 Å². The maximum Gasteiger partial charge on any atom is 0.290 e. The normalized spacial score (nSPS) is 18.8. The Kier molecular flexibility index (Phi) is 3.03. The number of likely N-dealkylation sites (tertiary alicyclic amines) is 1. The van der Waals surface area contributed by atoms with Crippen molar-refractivity contribution in [1.29, 1.82) is 0 Å². The lowest BCUT2D eigenvalue weighted by molar-refractivity contribution is 0.0721. The molecule has 1 aliphatic heterocycles. The average molecular weight is 256 g/mol. The maximum atomic E-state index is 12.4. The van der Waals surface area contributed by atoms with Crippen molar-refractivity contribution in [3.8, 4) is 0 Å². The second-order valence-corrected chi connectivity index (χ2v) is 4.83. The number of hydrogen-bond donors (Lipinski definition) is 1. The topological polar surface area (TPSA) is 61.9 Å². The first-order valence-electron chi connectivity index (χ1n) is 6.49. The number of rotatable bonds is 2. The van der Waals surface area contributed by atoms with Gasteiger partial charge in [0, 0.05) is 24.6 Å². The summed E-state index contributed by atoms with van der Waals surface area (Å²) in [6.45, 7) is 2.66. The van der Waals surface area contributed by atoms with E-state index in [-0.39, 0.29) is 11.9 Å². The highest BCUT2D eigenvalue weighted by molar-refractivity contribution is 5.91. The number of carbonyl (C=O) groups excluding carboxylic acids is 1. The minimum Gasteiger partial charge on any atom is -0.338 e. The molecule has 0 bridgehead atoms. The second-order valence-electron chi connectivity index (χ2n) is 4.83. The number of aromatic amines is 1. The summed E-state index contributed by atoms with van der Waals surface area (Å²) in [7, 11) is 0. The Morgan fingerprint density at radius 3 is 3.00 bits per heavy atom. The molecular weight excluding hydrogens is 240 g/mol. The van der Waals surface area contributed by atoms with Crippen LogP contribution in [0.3, 0.4) is 0 Å². The van der Waals surface area contributed by atoms with Crippen LogP contribution in [0.1, 0.15) is 40.9 Å². The third kappa shape index (κ3) is 2.23. The van der Waals surface area contributed by atoms with Gasteiger partial charge in [0.2, 0.25) is 0 Å².